The maximum Gasteiger partial charge on any atom is 0.317 e. The summed E-state index contributed by atoms with van der Waals surface area (Å²) in [4.78, 5) is 22.7. The number of rotatable bonds is 7. The van der Waals surface area contributed by atoms with Crippen LogP contribution in [0.15, 0.2) is 31.1 Å². The fourth-order valence-electron chi connectivity index (χ4n) is 2.61. The molecule has 0 unspecified atom stereocenters. The Bertz CT molecular complexity index is 655. The van der Waals surface area contributed by atoms with Crippen LogP contribution in [0.1, 0.15) is 33.0 Å². The number of aromatic nitrogens is 4. The summed E-state index contributed by atoms with van der Waals surface area (Å²) < 4.78 is 4.01. The van der Waals surface area contributed by atoms with Crippen molar-refractivity contribution < 1.29 is 4.79 Å². The van der Waals surface area contributed by atoms with Crippen molar-refractivity contribution in [3.63, 3.8) is 0 Å². The number of carbonyl (C=O) groups is 1. The maximum atomic E-state index is 12.6. The minimum atomic E-state index is -0.0479. The third-order valence-corrected chi connectivity index (χ3v) is 4.46. The van der Waals surface area contributed by atoms with E-state index in [2.05, 4.69) is 36.1 Å². The van der Waals surface area contributed by atoms with E-state index >= 15 is 0 Å². The van der Waals surface area contributed by atoms with Crippen LogP contribution in [0.5, 0.6) is 0 Å². The van der Waals surface area contributed by atoms with Crippen molar-refractivity contribution in [2.75, 3.05) is 13.6 Å². The summed E-state index contributed by atoms with van der Waals surface area (Å²) in [7, 11) is 3.83. The van der Waals surface area contributed by atoms with Crippen molar-refractivity contribution in [3.05, 3.63) is 36.9 Å². The third-order valence-electron chi connectivity index (χ3n) is 4.46. The molecular formula is C18H30N6O. The van der Waals surface area contributed by atoms with Gasteiger partial charge in [0.15, 0.2) is 0 Å². The van der Waals surface area contributed by atoms with Crippen LogP contribution in [0.2, 0.25) is 0 Å². The molecule has 2 aromatic rings. The van der Waals surface area contributed by atoms with E-state index in [4.69, 9.17) is 0 Å². The Hall–Kier alpha value is -2.31. The first-order valence-electron chi connectivity index (χ1n) is 8.71. The first kappa shape index (κ1) is 19.0. The van der Waals surface area contributed by atoms with Crippen molar-refractivity contribution in [1.29, 1.82) is 0 Å². The zero-order valence-corrected chi connectivity index (χ0v) is 15.9. The number of hydrogen-bond donors (Lipinski definition) is 1. The minimum Gasteiger partial charge on any atom is -0.338 e. The van der Waals surface area contributed by atoms with Gasteiger partial charge in [0.25, 0.3) is 0 Å². The van der Waals surface area contributed by atoms with Crippen molar-refractivity contribution in [1.82, 2.24) is 29.3 Å². The van der Waals surface area contributed by atoms with E-state index in [9.17, 15) is 4.79 Å². The van der Waals surface area contributed by atoms with Crippen LogP contribution in [0.3, 0.4) is 0 Å². The molecule has 7 nitrogen and oxygen atoms in total. The number of hydrogen-bond acceptors (Lipinski definition) is 3. The highest BCUT2D eigenvalue weighted by atomic mass is 16.2. The van der Waals surface area contributed by atoms with E-state index < -0.39 is 0 Å². The van der Waals surface area contributed by atoms with Crippen molar-refractivity contribution in [2.45, 2.75) is 46.2 Å². The van der Waals surface area contributed by atoms with Crippen molar-refractivity contribution in [2.24, 2.45) is 12.5 Å². The quantitative estimate of drug-likeness (QED) is 0.836. The summed E-state index contributed by atoms with van der Waals surface area (Å²) in [5.41, 5.74) is -0.0479. The van der Waals surface area contributed by atoms with Crippen molar-refractivity contribution in [3.8, 4) is 0 Å². The molecule has 0 bridgehead atoms. The third kappa shape index (κ3) is 5.62. The Kier molecular flexibility index (Phi) is 6.22. The van der Waals surface area contributed by atoms with Gasteiger partial charge >= 0.3 is 6.03 Å². The summed E-state index contributed by atoms with van der Waals surface area (Å²) >= 11 is 0. The predicted octanol–water partition coefficient (Wildman–Crippen LogP) is 2.31. The highest BCUT2D eigenvalue weighted by Crippen LogP contribution is 2.21. The van der Waals surface area contributed by atoms with Crippen LogP contribution in [0, 0.1) is 5.41 Å². The zero-order valence-electron chi connectivity index (χ0n) is 15.9. The number of urea groups is 1. The molecule has 2 aromatic heterocycles. The van der Waals surface area contributed by atoms with Crippen LogP contribution < -0.4 is 5.32 Å². The van der Waals surface area contributed by atoms with E-state index in [1.165, 1.54) is 0 Å². The molecule has 7 heteroatoms. The van der Waals surface area contributed by atoms with Gasteiger partial charge in [-0.3, -0.25) is 0 Å². The number of nitrogens with zero attached hydrogens (tertiary/aromatic N) is 5. The number of imidazole rings is 2. The molecule has 0 saturated carbocycles. The van der Waals surface area contributed by atoms with Crippen molar-refractivity contribution >= 4 is 6.03 Å². The number of carbonyl (C=O) groups excluding carboxylic acids is 1. The van der Waals surface area contributed by atoms with E-state index in [1.807, 2.05) is 35.6 Å². The molecule has 25 heavy (non-hydrogen) atoms. The van der Waals surface area contributed by atoms with Gasteiger partial charge < -0.3 is 19.4 Å². The van der Waals surface area contributed by atoms with E-state index in [-0.39, 0.29) is 17.5 Å². The Morgan fingerprint density at radius 3 is 2.64 bits per heavy atom. The first-order valence-corrected chi connectivity index (χ1v) is 8.71. The van der Waals surface area contributed by atoms with Crippen LogP contribution in [0.4, 0.5) is 4.79 Å². The normalized spacial score (nSPS) is 12.8. The Labute approximate surface area is 150 Å². The summed E-state index contributed by atoms with van der Waals surface area (Å²) in [5.74, 6) is 1.04. The highest BCUT2D eigenvalue weighted by Gasteiger charge is 2.27. The lowest BCUT2D eigenvalue weighted by molar-refractivity contribution is 0.182. The van der Waals surface area contributed by atoms with Gasteiger partial charge in [-0.2, -0.15) is 0 Å². The second kappa shape index (κ2) is 8.18. The fraction of sp³-hybridized carbons (Fsp3) is 0.611. The molecule has 1 N–H and O–H groups in total. The lowest BCUT2D eigenvalue weighted by Gasteiger charge is -2.33. The molecule has 2 amide bonds. The average molecular weight is 346 g/mol. The lowest BCUT2D eigenvalue weighted by Crippen LogP contribution is -2.50. The summed E-state index contributed by atoms with van der Waals surface area (Å²) in [5, 5.41) is 3.17. The number of amides is 2. The average Bonchev–Trinajstić information content (AvgIpc) is 3.17. The van der Waals surface area contributed by atoms with Gasteiger partial charge in [-0.15, -0.1) is 0 Å². The van der Waals surface area contributed by atoms with Crippen LogP contribution >= 0.6 is 0 Å². The van der Waals surface area contributed by atoms with Crippen LogP contribution in [0.25, 0.3) is 0 Å². The molecule has 1 atom stereocenters. The molecule has 2 rings (SSSR count). The molecule has 0 aliphatic carbocycles. The van der Waals surface area contributed by atoms with Crippen LogP contribution in [-0.4, -0.2) is 49.7 Å². The van der Waals surface area contributed by atoms with Gasteiger partial charge in [-0.1, -0.05) is 20.8 Å². The van der Waals surface area contributed by atoms with E-state index in [1.54, 1.807) is 23.6 Å². The second-order valence-electron chi connectivity index (χ2n) is 7.61. The molecule has 0 aliphatic heterocycles. The summed E-state index contributed by atoms with van der Waals surface area (Å²) in [6.45, 7) is 7.80. The highest BCUT2D eigenvalue weighted by molar-refractivity contribution is 5.74. The number of aryl methyl sites for hydroxylation is 2. The topological polar surface area (TPSA) is 68.0 Å². The number of nitrogens with one attached hydrogen (secondary N) is 1. The molecule has 0 radical (unpaired) electrons. The van der Waals surface area contributed by atoms with Gasteiger partial charge in [0.1, 0.15) is 5.82 Å². The smallest absolute Gasteiger partial charge is 0.317 e. The van der Waals surface area contributed by atoms with E-state index in [0.29, 0.717) is 13.1 Å². The fourth-order valence-corrected chi connectivity index (χ4v) is 2.61. The molecule has 2 heterocycles. The standard InChI is InChI=1S/C18H30N6O/c1-18(2,3)15(13-24-12-8-19-14-24)21-17(25)23(5)10-6-7-16-20-9-11-22(16)4/h8-9,11-12,14-15H,6-7,10,13H2,1-5H3,(H,21,25)/t15-/m1/s1. The lowest BCUT2D eigenvalue weighted by atomic mass is 9.86. The van der Waals surface area contributed by atoms with Gasteiger partial charge in [0.05, 0.1) is 12.4 Å². The van der Waals surface area contributed by atoms with E-state index in [0.717, 1.165) is 18.7 Å². The molecular weight excluding hydrogens is 316 g/mol. The maximum absolute atomic E-state index is 12.6. The Morgan fingerprint density at radius 1 is 1.32 bits per heavy atom. The monoisotopic (exact) mass is 346 g/mol. The molecule has 0 aliphatic rings. The molecule has 0 saturated heterocycles. The van der Waals surface area contributed by atoms with Gasteiger partial charge in [0.2, 0.25) is 0 Å². The predicted molar refractivity (Wildman–Crippen MR) is 98.2 cm³/mol. The Balaban J connectivity index is 1.85. The first-order chi connectivity index (χ1) is 11.8. The second-order valence-corrected chi connectivity index (χ2v) is 7.61. The molecule has 138 valence electrons. The SMILES string of the molecule is CN(CCCc1nccn1C)C(=O)N[C@H](Cn1ccnc1)C(C)(C)C. The molecule has 0 fully saturated rings. The zero-order chi connectivity index (χ0) is 18.4. The van der Waals surface area contributed by atoms with Gasteiger partial charge in [-0.25, -0.2) is 14.8 Å². The Morgan fingerprint density at radius 2 is 2.08 bits per heavy atom. The summed E-state index contributed by atoms with van der Waals surface area (Å²) in [6.07, 6.45) is 10.9. The molecule has 0 aromatic carbocycles. The van der Waals surface area contributed by atoms with Gasteiger partial charge in [-0.05, 0) is 11.8 Å². The summed E-state index contributed by atoms with van der Waals surface area (Å²) in [6, 6.07) is -0.0222. The largest absolute Gasteiger partial charge is 0.338 e. The molecule has 0 spiro atoms. The van der Waals surface area contributed by atoms with Gasteiger partial charge in [0, 0.05) is 58.4 Å². The van der Waals surface area contributed by atoms with Crippen LogP contribution in [-0.2, 0) is 20.0 Å². The minimum absolute atomic E-state index is 0.0196.